The Kier molecular flexibility index (Phi) is 3.98. The van der Waals surface area contributed by atoms with Crippen LogP contribution in [0.3, 0.4) is 0 Å². The van der Waals surface area contributed by atoms with E-state index >= 15 is 0 Å². The standard InChI is InChI=1S/C15H16F3NO2/c1-3-19-11(7-9(2)14(20)21)8-10-5-4-6-12(13(10)19)15(16,17)18/h4-6,8-9H,3,7H2,1-2H3,(H,20,21). The number of para-hydroxylation sites is 1. The monoisotopic (exact) mass is 299 g/mol. The molecule has 114 valence electrons. The number of fused-ring (bicyclic) bond motifs is 1. The molecule has 3 nitrogen and oxygen atoms in total. The van der Waals surface area contributed by atoms with Crippen LogP contribution in [0, 0.1) is 5.92 Å². The highest BCUT2D eigenvalue weighted by molar-refractivity contribution is 5.85. The summed E-state index contributed by atoms with van der Waals surface area (Å²) in [5.74, 6) is -1.60. The molecule has 0 aliphatic heterocycles. The molecule has 21 heavy (non-hydrogen) atoms. The fourth-order valence-corrected chi connectivity index (χ4v) is 2.54. The third kappa shape index (κ3) is 2.89. The molecular formula is C15H16F3NO2. The van der Waals surface area contributed by atoms with Crippen molar-refractivity contribution >= 4 is 16.9 Å². The van der Waals surface area contributed by atoms with Gasteiger partial charge in [-0.05, 0) is 19.1 Å². The van der Waals surface area contributed by atoms with E-state index in [-0.39, 0.29) is 11.9 Å². The molecule has 0 saturated heterocycles. The number of nitrogens with zero attached hydrogens (tertiary/aromatic N) is 1. The first-order chi connectivity index (χ1) is 9.75. The molecule has 1 unspecified atom stereocenters. The van der Waals surface area contributed by atoms with Crippen LogP contribution in [0.5, 0.6) is 0 Å². The highest BCUT2D eigenvalue weighted by atomic mass is 19.4. The lowest BCUT2D eigenvalue weighted by molar-refractivity contribution is -0.141. The summed E-state index contributed by atoms with van der Waals surface area (Å²) in [4.78, 5) is 11.0. The van der Waals surface area contributed by atoms with Gasteiger partial charge in [0.25, 0.3) is 0 Å². The lowest BCUT2D eigenvalue weighted by Gasteiger charge is -2.14. The lowest BCUT2D eigenvalue weighted by Crippen LogP contribution is -2.15. The number of alkyl halides is 3. The summed E-state index contributed by atoms with van der Waals surface area (Å²) in [7, 11) is 0. The van der Waals surface area contributed by atoms with E-state index in [9.17, 15) is 18.0 Å². The van der Waals surface area contributed by atoms with Crippen LogP contribution in [0.1, 0.15) is 25.1 Å². The van der Waals surface area contributed by atoms with E-state index in [0.717, 1.165) is 6.07 Å². The van der Waals surface area contributed by atoms with Crippen LogP contribution >= 0.6 is 0 Å². The molecule has 1 N–H and O–H groups in total. The number of aromatic nitrogens is 1. The fraction of sp³-hybridized carbons (Fsp3) is 0.400. The average molecular weight is 299 g/mol. The predicted octanol–water partition coefficient (Wildman–Crippen LogP) is 3.94. The molecule has 1 atom stereocenters. The maximum absolute atomic E-state index is 13.1. The first kappa shape index (κ1) is 15.4. The summed E-state index contributed by atoms with van der Waals surface area (Å²) < 4.78 is 40.9. The van der Waals surface area contributed by atoms with Crippen molar-refractivity contribution in [2.45, 2.75) is 33.0 Å². The number of hydrogen-bond donors (Lipinski definition) is 1. The normalized spacial score (nSPS) is 13.6. The zero-order chi connectivity index (χ0) is 15.8. The number of rotatable bonds is 4. The van der Waals surface area contributed by atoms with Crippen LogP contribution in [0.4, 0.5) is 13.2 Å². The molecule has 2 aromatic rings. The van der Waals surface area contributed by atoms with E-state index < -0.39 is 23.6 Å². The Bertz CT molecular complexity index is 673. The zero-order valence-electron chi connectivity index (χ0n) is 11.7. The lowest BCUT2D eigenvalue weighted by atomic mass is 10.1. The number of aliphatic carboxylic acids is 1. The van der Waals surface area contributed by atoms with Crippen LogP contribution in [-0.4, -0.2) is 15.6 Å². The molecule has 0 fully saturated rings. The molecule has 6 heteroatoms. The summed E-state index contributed by atoms with van der Waals surface area (Å²) in [5.41, 5.74) is 0.0512. The maximum atomic E-state index is 13.1. The second-order valence-electron chi connectivity index (χ2n) is 5.06. The SMILES string of the molecule is CCn1c(CC(C)C(=O)O)cc2cccc(C(F)(F)F)c21. The Morgan fingerprint density at radius 3 is 2.57 bits per heavy atom. The Morgan fingerprint density at radius 1 is 1.38 bits per heavy atom. The van der Waals surface area contributed by atoms with E-state index in [1.165, 1.54) is 6.07 Å². The summed E-state index contributed by atoms with van der Waals surface area (Å²) in [6.45, 7) is 3.66. The molecule has 0 aliphatic rings. The molecule has 0 saturated carbocycles. The number of halogens is 3. The quantitative estimate of drug-likeness (QED) is 0.929. The molecule has 0 aliphatic carbocycles. The summed E-state index contributed by atoms with van der Waals surface area (Å²) in [5, 5.41) is 9.46. The zero-order valence-corrected chi connectivity index (χ0v) is 11.7. The fourth-order valence-electron chi connectivity index (χ4n) is 2.54. The maximum Gasteiger partial charge on any atom is 0.418 e. The molecule has 0 spiro atoms. The molecule has 1 aromatic heterocycles. The second kappa shape index (κ2) is 5.42. The van der Waals surface area contributed by atoms with Gasteiger partial charge in [0.05, 0.1) is 17.0 Å². The molecule has 1 aromatic carbocycles. The van der Waals surface area contributed by atoms with Gasteiger partial charge < -0.3 is 9.67 Å². The van der Waals surface area contributed by atoms with Gasteiger partial charge in [0.2, 0.25) is 0 Å². The minimum atomic E-state index is -4.43. The van der Waals surface area contributed by atoms with E-state index in [1.807, 2.05) is 0 Å². The highest BCUT2D eigenvalue weighted by Gasteiger charge is 2.34. The predicted molar refractivity (Wildman–Crippen MR) is 73.1 cm³/mol. The second-order valence-corrected chi connectivity index (χ2v) is 5.06. The van der Waals surface area contributed by atoms with Crippen molar-refractivity contribution in [3.8, 4) is 0 Å². The largest absolute Gasteiger partial charge is 0.481 e. The third-order valence-corrected chi connectivity index (χ3v) is 3.56. The Balaban J connectivity index is 2.62. The summed E-state index contributed by atoms with van der Waals surface area (Å²) in [6.07, 6.45) is -4.23. The van der Waals surface area contributed by atoms with Gasteiger partial charge >= 0.3 is 12.1 Å². The molecular weight excluding hydrogens is 283 g/mol. The Hall–Kier alpha value is -1.98. The van der Waals surface area contributed by atoms with E-state index in [1.54, 1.807) is 30.5 Å². The molecule has 0 bridgehead atoms. The van der Waals surface area contributed by atoms with Gasteiger partial charge in [-0.2, -0.15) is 13.2 Å². The number of carbonyl (C=O) groups is 1. The number of aryl methyl sites for hydroxylation is 1. The van der Waals surface area contributed by atoms with Crippen LogP contribution < -0.4 is 0 Å². The summed E-state index contributed by atoms with van der Waals surface area (Å²) in [6, 6.07) is 5.69. The first-order valence-electron chi connectivity index (χ1n) is 6.66. The smallest absolute Gasteiger partial charge is 0.418 e. The van der Waals surface area contributed by atoms with Gasteiger partial charge in [-0.25, -0.2) is 0 Å². The number of hydrogen-bond acceptors (Lipinski definition) is 1. The molecule has 2 rings (SSSR count). The van der Waals surface area contributed by atoms with Crippen molar-refractivity contribution in [3.63, 3.8) is 0 Å². The van der Waals surface area contributed by atoms with Crippen LogP contribution in [0.25, 0.3) is 10.9 Å². The number of carboxylic acids is 1. The van der Waals surface area contributed by atoms with E-state index in [0.29, 0.717) is 17.6 Å². The topological polar surface area (TPSA) is 42.2 Å². The van der Waals surface area contributed by atoms with Crippen molar-refractivity contribution < 1.29 is 23.1 Å². The van der Waals surface area contributed by atoms with Crippen molar-refractivity contribution in [3.05, 3.63) is 35.5 Å². The highest BCUT2D eigenvalue weighted by Crippen LogP contribution is 2.36. The van der Waals surface area contributed by atoms with E-state index in [2.05, 4.69) is 0 Å². The van der Waals surface area contributed by atoms with Crippen molar-refractivity contribution in [1.82, 2.24) is 4.57 Å². The van der Waals surface area contributed by atoms with Gasteiger partial charge in [0, 0.05) is 24.0 Å². The van der Waals surface area contributed by atoms with Gasteiger partial charge in [-0.1, -0.05) is 19.1 Å². The Labute approximate surface area is 120 Å². The Morgan fingerprint density at radius 2 is 2.05 bits per heavy atom. The minimum absolute atomic E-state index is 0.125. The van der Waals surface area contributed by atoms with Crippen LogP contribution in [-0.2, 0) is 23.9 Å². The van der Waals surface area contributed by atoms with E-state index in [4.69, 9.17) is 5.11 Å². The third-order valence-electron chi connectivity index (χ3n) is 3.56. The van der Waals surface area contributed by atoms with Gasteiger partial charge in [-0.3, -0.25) is 4.79 Å². The van der Waals surface area contributed by atoms with Crippen molar-refractivity contribution in [2.75, 3.05) is 0 Å². The van der Waals surface area contributed by atoms with Gasteiger partial charge in [-0.15, -0.1) is 0 Å². The van der Waals surface area contributed by atoms with Crippen molar-refractivity contribution in [1.29, 1.82) is 0 Å². The number of benzene rings is 1. The van der Waals surface area contributed by atoms with Gasteiger partial charge in [0.15, 0.2) is 0 Å². The molecule has 1 heterocycles. The number of carboxylic acid groups (broad SMARTS) is 1. The van der Waals surface area contributed by atoms with Crippen molar-refractivity contribution in [2.24, 2.45) is 5.92 Å². The average Bonchev–Trinajstić information content (AvgIpc) is 2.73. The molecule has 0 radical (unpaired) electrons. The first-order valence-corrected chi connectivity index (χ1v) is 6.66. The minimum Gasteiger partial charge on any atom is -0.481 e. The van der Waals surface area contributed by atoms with Crippen LogP contribution in [0.2, 0.25) is 0 Å². The van der Waals surface area contributed by atoms with Gasteiger partial charge in [0.1, 0.15) is 0 Å². The summed E-state index contributed by atoms with van der Waals surface area (Å²) >= 11 is 0. The van der Waals surface area contributed by atoms with Crippen LogP contribution in [0.15, 0.2) is 24.3 Å². The molecule has 0 amide bonds.